The molecule has 3 aromatic rings. The van der Waals surface area contributed by atoms with Crippen molar-refractivity contribution in [1.82, 2.24) is 9.88 Å². The maximum atomic E-state index is 13.5. The van der Waals surface area contributed by atoms with Gasteiger partial charge in [-0.1, -0.05) is 36.4 Å². The number of amides is 1. The van der Waals surface area contributed by atoms with E-state index in [1.165, 1.54) is 18.2 Å². The number of rotatable bonds is 6. The molecule has 0 spiro atoms. The Hall–Kier alpha value is -3.45. The van der Waals surface area contributed by atoms with E-state index in [1.54, 1.807) is 36.9 Å². The normalized spacial score (nSPS) is 19.4. The molecule has 0 aliphatic carbocycles. The van der Waals surface area contributed by atoms with Crippen LogP contribution in [-0.2, 0) is 10.3 Å². The zero-order chi connectivity index (χ0) is 25.4. The van der Waals surface area contributed by atoms with Crippen LogP contribution in [0.15, 0.2) is 65.5 Å². The van der Waals surface area contributed by atoms with Gasteiger partial charge in [0.25, 0.3) is 0 Å². The molecule has 0 saturated carbocycles. The number of ether oxygens (including phenoxy) is 1. The highest BCUT2D eigenvalue weighted by Gasteiger charge is 2.46. The quantitative estimate of drug-likeness (QED) is 0.494. The molecule has 184 valence electrons. The first-order valence-electron chi connectivity index (χ1n) is 11.8. The molecule has 0 radical (unpaired) electrons. The topological polar surface area (TPSA) is 82.6 Å². The number of halogens is 1. The van der Waals surface area contributed by atoms with Crippen LogP contribution in [0.4, 0.5) is 9.18 Å². The highest BCUT2D eigenvalue weighted by atomic mass is 19.1. The Morgan fingerprint density at radius 2 is 1.74 bits per heavy atom. The van der Waals surface area contributed by atoms with E-state index >= 15 is 0 Å². The predicted octanol–water partition coefficient (Wildman–Crippen LogP) is 5.45. The van der Waals surface area contributed by atoms with Crippen molar-refractivity contribution in [2.75, 3.05) is 6.54 Å². The molecule has 2 heterocycles. The first-order valence-corrected chi connectivity index (χ1v) is 11.8. The second-order valence-corrected chi connectivity index (χ2v) is 9.96. The average molecular weight is 479 g/mol. The van der Waals surface area contributed by atoms with E-state index in [9.17, 15) is 19.1 Å². The molecule has 1 fully saturated rings. The SMILES string of the molecule is Cc1[nH]c(=O)ccc1-c1ccc([C@H](C)N2CC[C@](CC(C)(C)O)(c3ccc(F)cc3)OC2=O)cc1. The fraction of sp³-hybridized carbons (Fsp3) is 0.357. The summed E-state index contributed by atoms with van der Waals surface area (Å²) in [5.41, 5.74) is 2.06. The summed E-state index contributed by atoms with van der Waals surface area (Å²) in [6, 6.07) is 16.9. The van der Waals surface area contributed by atoms with Gasteiger partial charge in [-0.2, -0.15) is 0 Å². The molecule has 1 aliphatic heterocycles. The summed E-state index contributed by atoms with van der Waals surface area (Å²) >= 11 is 0. The van der Waals surface area contributed by atoms with Gasteiger partial charge in [0.15, 0.2) is 0 Å². The number of nitrogens with zero attached hydrogens (tertiary/aromatic N) is 1. The molecule has 1 saturated heterocycles. The number of aromatic amines is 1. The highest BCUT2D eigenvalue weighted by Crippen LogP contribution is 2.42. The molecule has 0 bridgehead atoms. The molecule has 1 aromatic heterocycles. The monoisotopic (exact) mass is 478 g/mol. The molecule has 1 aliphatic rings. The van der Waals surface area contributed by atoms with Crippen LogP contribution in [0.3, 0.4) is 0 Å². The second kappa shape index (κ2) is 9.30. The van der Waals surface area contributed by atoms with Crippen molar-refractivity contribution in [3.8, 4) is 11.1 Å². The summed E-state index contributed by atoms with van der Waals surface area (Å²) in [5, 5.41) is 10.5. The maximum Gasteiger partial charge on any atom is 0.411 e. The molecule has 35 heavy (non-hydrogen) atoms. The van der Waals surface area contributed by atoms with Crippen LogP contribution in [0.5, 0.6) is 0 Å². The van der Waals surface area contributed by atoms with Gasteiger partial charge in [0, 0.05) is 36.7 Å². The predicted molar refractivity (Wildman–Crippen MR) is 132 cm³/mol. The summed E-state index contributed by atoms with van der Waals surface area (Å²) in [6.07, 6.45) is 0.193. The molecular formula is C28H31FN2O4. The number of aromatic nitrogens is 1. The van der Waals surface area contributed by atoms with Crippen molar-refractivity contribution in [3.05, 3.63) is 93.7 Å². The van der Waals surface area contributed by atoms with Crippen molar-refractivity contribution >= 4 is 6.09 Å². The highest BCUT2D eigenvalue weighted by molar-refractivity contribution is 5.70. The lowest BCUT2D eigenvalue weighted by Gasteiger charge is -2.45. The average Bonchev–Trinajstić information content (AvgIpc) is 2.78. The Kier molecular flexibility index (Phi) is 6.56. The van der Waals surface area contributed by atoms with Gasteiger partial charge in [-0.15, -0.1) is 0 Å². The lowest BCUT2D eigenvalue weighted by atomic mass is 9.80. The first kappa shape index (κ1) is 24.7. The van der Waals surface area contributed by atoms with E-state index in [0.29, 0.717) is 18.5 Å². The van der Waals surface area contributed by atoms with Crippen LogP contribution in [-0.4, -0.2) is 33.2 Å². The van der Waals surface area contributed by atoms with E-state index in [4.69, 9.17) is 4.74 Å². The van der Waals surface area contributed by atoms with Gasteiger partial charge < -0.3 is 19.7 Å². The number of pyridine rings is 1. The van der Waals surface area contributed by atoms with Crippen LogP contribution >= 0.6 is 0 Å². The number of cyclic esters (lactones) is 1. The third kappa shape index (κ3) is 5.30. The van der Waals surface area contributed by atoms with Crippen LogP contribution in [0.1, 0.15) is 56.5 Å². The zero-order valence-electron chi connectivity index (χ0n) is 20.5. The number of hydrogen-bond acceptors (Lipinski definition) is 4. The fourth-order valence-corrected chi connectivity index (χ4v) is 4.91. The van der Waals surface area contributed by atoms with Gasteiger partial charge in [0.1, 0.15) is 11.4 Å². The minimum absolute atomic E-state index is 0.138. The number of nitrogens with one attached hydrogen (secondary N) is 1. The summed E-state index contributed by atoms with van der Waals surface area (Å²) in [7, 11) is 0. The standard InChI is InChI=1S/C28H31FN2O4/c1-18-24(13-14-25(32)30-18)21-7-5-20(6-8-21)19(2)31-16-15-28(35-26(31)33,17-27(3,4)34)22-9-11-23(29)12-10-22/h5-14,19,34H,15-17H2,1-4H3,(H,30,32)/t19-,28-/m0/s1. The van der Waals surface area contributed by atoms with E-state index in [2.05, 4.69) is 4.98 Å². The molecule has 1 amide bonds. The number of aryl methyl sites for hydroxylation is 1. The summed E-state index contributed by atoms with van der Waals surface area (Å²) < 4.78 is 19.6. The van der Waals surface area contributed by atoms with Gasteiger partial charge in [-0.05, 0) is 62.6 Å². The number of aliphatic hydroxyl groups is 1. The zero-order valence-corrected chi connectivity index (χ0v) is 20.5. The van der Waals surface area contributed by atoms with Gasteiger partial charge >= 0.3 is 6.09 Å². The van der Waals surface area contributed by atoms with E-state index in [-0.39, 0.29) is 23.8 Å². The molecule has 4 rings (SSSR count). The maximum absolute atomic E-state index is 13.5. The largest absolute Gasteiger partial charge is 0.438 e. The van der Waals surface area contributed by atoms with Crippen LogP contribution in [0, 0.1) is 12.7 Å². The Bertz CT molecular complexity index is 1260. The lowest BCUT2D eigenvalue weighted by molar-refractivity contribution is -0.101. The smallest absolute Gasteiger partial charge is 0.411 e. The Labute approximate surface area is 204 Å². The number of carbonyl (C=O) groups is 1. The molecule has 2 atom stereocenters. The molecule has 7 heteroatoms. The number of benzene rings is 2. The number of carbonyl (C=O) groups excluding carboxylic acids is 1. The van der Waals surface area contributed by atoms with Crippen molar-refractivity contribution in [1.29, 1.82) is 0 Å². The molecule has 2 aromatic carbocycles. The van der Waals surface area contributed by atoms with E-state index in [0.717, 1.165) is 22.4 Å². The minimum atomic E-state index is -1.09. The lowest BCUT2D eigenvalue weighted by Crippen LogP contribution is -2.51. The Morgan fingerprint density at radius 1 is 1.09 bits per heavy atom. The van der Waals surface area contributed by atoms with Crippen molar-refractivity contribution in [2.45, 2.75) is 57.8 Å². The minimum Gasteiger partial charge on any atom is -0.438 e. The van der Waals surface area contributed by atoms with Crippen LogP contribution < -0.4 is 5.56 Å². The van der Waals surface area contributed by atoms with Gasteiger partial charge in [-0.25, -0.2) is 9.18 Å². The summed E-state index contributed by atoms with van der Waals surface area (Å²) in [5.74, 6) is -0.370. The first-order chi connectivity index (χ1) is 16.5. The van der Waals surface area contributed by atoms with Gasteiger partial charge in [0.05, 0.1) is 11.6 Å². The third-order valence-electron chi connectivity index (χ3n) is 6.65. The van der Waals surface area contributed by atoms with Gasteiger partial charge in [-0.3, -0.25) is 4.79 Å². The molecule has 0 unspecified atom stereocenters. The summed E-state index contributed by atoms with van der Waals surface area (Å²) in [4.78, 5) is 29.2. The second-order valence-electron chi connectivity index (χ2n) is 9.96. The molecular weight excluding hydrogens is 447 g/mol. The Morgan fingerprint density at radius 3 is 2.31 bits per heavy atom. The number of hydrogen-bond donors (Lipinski definition) is 2. The Balaban J connectivity index is 1.55. The third-order valence-corrected chi connectivity index (χ3v) is 6.65. The van der Waals surface area contributed by atoms with Crippen molar-refractivity contribution < 1.29 is 19.0 Å². The van der Waals surface area contributed by atoms with Crippen LogP contribution in [0.25, 0.3) is 11.1 Å². The number of H-pyrrole nitrogens is 1. The molecule has 2 N–H and O–H groups in total. The van der Waals surface area contributed by atoms with E-state index in [1.807, 2.05) is 38.1 Å². The summed E-state index contributed by atoms with van der Waals surface area (Å²) in [6.45, 7) is 7.58. The van der Waals surface area contributed by atoms with Crippen LogP contribution in [0.2, 0.25) is 0 Å². The fourth-order valence-electron chi connectivity index (χ4n) is 4.91. The van der Waals surface area contributed by atoms with Crippen molar-refractivity contribution in [3.63, 3.8) is 0 Å². The molecule has 6 nitrogen and oxygen atoms in total. The van der Waals surface area contributed by atoms with Gasteiger partial charge in [0.2, 0.25) is 5.56 Å². The van der Waals surface area contributed by atoms with Crippen molar-refractivity contribution in [2.24, 2.45) is 0 Å². The van der Waals surface area contributed by atoms with E-state index < -0.39 is 17.3 Å².